The zero-order chi connectivity index (χ0) is 16.8. The van der Waals surface area contributed by atoms with Gasteiger partial charge in [0, 0.05) is 19.3 Å². The van der Waals surface area contributed by atoms with Gasteiger partial charge in [0.2, 0.25) is 0 Å². The molecule has 0 bridgehead atoms. The Bertz CT molecular complexity index is 683. The lowest BCUT2D eigenvalue weighted by Gasteiger charge is -2.27. The third-order valence-electron chi connectivity index (χ3n) is 4.03. The van der Waals surface area contributed by atoms with Crippen LogP contribution >= 0.6 is 11.5 Å². The normalized spacial score (nSPS) is 14.6. The molecule has 0 atom stereocenters. The maximum Gasteiger partial charge on any atom is 0.265 e. The van der Waals surface area contributed by atoms with E-state index in [1.807, 2.05) is 6.07 Å². The Morgan fingerprint density at radius 2 is 2.17 bits per heavy atom. The van der Waals surface area contributed by atoms with Gasteiger partial charge in [0.25, 0.3) is 5.91 Å². The number of aryl methyl sites for hydroxylation is 1. The molecule has 0 spiro atoms. The summed E-state index contributed by atoms with van der Waals surface area (Å²) >= 11 is 1.14. The topological polar surface area (TPSA) is 83.9 Å². The number of carbonyl (C=O) groups excluding carboxylic acids is 1. The SMILES string of the molecule is CCCc1nnsc1C(=O)NCc1nccc(N2CCCCC2)n1. The first-order valence-electron chi connectivity index (χ1n) is 8.44. The molecule has 3 heterocycles. The number of amides is 1. The Hall–Kier alpha value is -2.09. The molecule has 0 unspecified atom stereocenters. The second kappa shape index (κ2) is 8.14. The number of nitrogens with one attached hydrogen (secondary N) is 1. The summed E-state index contributed by atoms with van der Waals surface area (Å²) in [6, 6.07) is 1.93. The highest BCUT2D eigenvalue weighted by Gasteiger charge is 2.16. The van der Waals surface area contributed by atoms with E-state index in [9.17, 15) is 4.79 Å². The predicted octanol–water partition coefficient (Wildman–Crippen LogP) is 2.20. The average Bonchev–Trinajstić information content (AvgIpc) is 3.09. The number of nitrogens with zero attached hydrogens (tertiary/aromatic N) is 5. The first-order valence-corrected chi connectivity index (χ1v) is 9.21. The molecule has 2 aromatic rings. The van der Waals surface area contributed by atoms with E-state index in [0.717, 1.165) is 49.0 Å². The van der Waals surface area contributed by atoms with Crippen molar-refractivity contribution in [2.75, 3.05) is 18.0 Å². The number of carbonyl (C=O) groups is 1. The summed E-state index contributed by atoms with van der Waals surface area (Å²) in [5.41, 5.74) is 0.767. The highest BCUT2D eigenvalue weighted by Crippen LogP contribution is 2.17. The summed E-state index contributed by atoms with van der Waals surface area (Å²) in [5, 5.41) is 6.91. The van der Waals surface area contributed by atoms with Crippen LogP contribution in [0, 0.1) is 0 Å². The highest BCUT2D eigenvalue weighted by molar-refractivity contribution is 7.08. The molecule has 8 heteroatoms. The number of piperidine rings is 1. The minimum absolute atomic E-state index is 0.152. The van der Waals surface area contributed by atoms with Crippen molar-refractivity contribution in [3.63, 3.8) is 0 Å². The maximum atomic E-state index is 12.3. The molecule has 0 aromatic carbocycles. The van der Waals surface area contributed by atoms with Crippen molar-refractivity contribution in [1.82, 2.24) is 24.9 Å². The Kier molecular flexibility index (Phi) is 5.68. The van der Waals surface area contributed by atoms with Crippen LogP contribution in [-0.4, -0.2) is 38.6 Å². The summed E-state index contributed by atoms with van der Waals surface area (Å²) < 4.78 is 3.89. The molecule has 24 heavy (non-hydrogen) atoms. The molecule has 1 saturated heterocycles. The molecule has 128 valence electrons. The van der Waals surface area contributed by atoms with Gasteiger partial charge in [-0.2, -0.15) is 0 Å². The Morgan fingerprint density at radius 1 is 1.33 bits per heavy atom. The van der Waals surface area contributed by atoms with Crippen LogP contribution in [0.4, 0.5) is 5.82 Å². The maximum absolute atomic E-state index is 12.3. The van der Waals surface area contributed by atoms with Gasteiger partial charge in [0.15, 0.2) is 0 Å². The van der Waals surface area contributed by atoms with Crippen molar-refractivity contribution in [2.24, 2.45) is 0 Å². The van der Waals surface area contributed by atoms with E-state index in [1.54, 1.807) is 6.20 Å². The van der Waals surface area contributed by atoms with Crippen molar-refractivity contribution in [3.8, 4) is 0 Å². The quantitative estimate of drug-likeness (QED) is 0.863. The number of anilines is 1. The predicted molar refractivity (Wildman–Crippen MR) is 93.2 cm³/mol. The van der Waals surface area contributed by atoms with Crippen molar-refractivity contribution >= 4 is 23.3 Å². The van der Waals surface area contributed by atoms with E-state index in [-0.39, 0.29) is 5.91 Å². The van der Waals surface area contributed by atoms with Gasteiger partial charge < -0.3 is 10.2 Å². The standard InChI is InChI=1S/C16H22N6OS/c1-2-6-12-15(24-21-20-12)16(23)18-11-13-17-8-7-14(19-13)22-9-4-3-5-10-22/h7-8H,2-6,9-11H2,1H3,(H,18,23). The number of rotatable bonds is 6. The third-order valence-corrected chi connectivity index (χ3v) is 4.79. The van der Waals surface area contributed by atoms with E-state index in [1.165, 1.54) is 19.3 Å². The molecule has 3 rings (SSSR count). The summed E-state index contributed by atoms with van der Waals surface area (Å²) in [6.45, 7) is 4.44. The van der Waals surface area contributed by atoms with Crippen LogP contribution < -0.4 is 10.2 Å². The molecule has 2 aromatic heterocycles. The van der Waals surface area contributed by atoms with Gasteiger partial charge in [-0.1, -0.05) is 17.8 Å². The van der Waals surface area contributed by atoms with Gasteiger partial charge in [0.05, 0.1) is 12.2 Å². The van der Waals surface area contributed by atoms with Gasteiger partial charge in [-0.25, -0.2) is 9.97 Å². The molecule has 1 fully saturated rings. The van der Waals surface area contributed by atoms with Gasteiger partial charge in [-0.05, 0) is 43.3 Å². The van der Waals surface area contributed by atoms with Crippen LogP contribution in [0.5, 0.6) is 0 Å². The number of hydrogen-bond acceptors (Lipinski definition) is 7. The highest BCUT2D eigenvalue weighted by atomic mass is 32.1. The summed E-state index contributed by atoms with van der Waals surface area (Å²) in [6.07, 6.45) is 7.15. The van der Waals surface area contributed by atoms with Crippen LogP contribution in [0.15, 0.2) is 12.3 Å². The monoisotopic (exact) mass is 346 g/mol. The fourth-order valence-corrected chi connectivity index (χ4v) is 3.42. The Labute approximate surface area is 145 Å². The van der Waals surface area contributed by atoms with Crippen molar-refractivity contribution in [3.05, 3.63) is 28.7 Å². The molecule has 1 aliphatic heterocycles. The fourth-order valence-electron chi connectivity index (χ4n) is 2.79. The van der Waals surface area contributed by atoms with E-state index in [4.69, 9.17) is 0 Å². The lowest BCUT2D eigenvalue weighted by Crippen LogP contribution is -2.31. The summed E-state index contributed by atoms with van der Waals surface area (Å²) in [5.74, 6) is 1.42. The van der Waals surface area contributed by atoms with Crippen LogP contribution in [0.25, 0.3) is 0 Å². The molecule has 0 aliphatic carbocycles. The Balaban J connectivity index is 1.61. The molecular formula is C16H22N6OS. The van der Waals surface area contributed by atoms with E-state index in [2.05, 4.69) is 36.7 Å². The molecule has 1 N–H and O–H groups in total. The smallest absolute Gasteiger partial charge is 0.265 e. The van der Waals surface area contributed by atoms with E-state index < -0.39 is 0 Å². The van der Waals surface area contributed by atoms with Crippen LogP contribution in [0.3, 0.4) is 0 Å². The zero-order valence-electron chi connectivity index (χ0n) is 13.9. The van der Waals surface area contributed by atoms with Crippen LogP contribution in [-0.2, 0) is 13.0 Å². The largest absolute Gasteiger partial charge is 0.357 e. The van der Waals surface area contributed by atoms with Crippen molar-refractivity contribution < 1.29 is 4.79 Å². The molecule has 1 aliphatic rings. The van der Waals surface area contributed by atoms with Crippen LogP contribution in [0.2, 0.25) is 0 Å². The van der Waals surface area contributed by atoms with Crippen LogP contribution in [0.1, 0.15) is 53.8 Å². The minimum Gasteiger partial charge on any atom is -0.357 e. The molecule has 0 saturated carbocycles. The average molecular weight is 346 g/mol. The first-order chi connectivity index (χ1) is 11.8. The number of hydrogen-bond donors (Lipinski definition) is 1. The molecule has 0 radical (unpaired) electrons. The zero-order valence-corrected chi connectivity index (χ0v) is 14.7. The fraction of sp³-hybridized carbons (Fsp3) is 0.562. The summed E-state index contributed by atoms with van der Waals surface area (Å²) in [7, 11) is 0. The third kappa shape index (κ3) is 4.05. The second-order valence-corrected chi connectivity index (χ2v) is 6.61. The van der Waals surface area contributed by atoms with Gasteiger partial charge >= 0.3 is 0 Å². The van der Waals surface area contributed by atoms with E-state index >= 15 is 0 Å². The van der Waals surface area contributed by atoms with Gasteiger partial charge in [-0.3, -0.25) is 4.79 Å². The van der Waals surface area contributed by atoms with Gasteiger partial charge in [-0.15, -0.1) is 5.10 Å². The number of aromatic nitrogens is 4. The molecular weight excluding hydrogens is 324 g/mol. The minimum atomic E-state index is -0.152. The Morgan fingerprint density at radius 3 is 2.96 bits per heavy atom. The van der Waals surface area contributed by atoms with Crippen molar-refractivity contribution in [1.29, 1.82) is 0 Å². The lowest BCUT2D eigenvalue weighted by molar-refractivity contribution is 0.0953. The van der Waals surface area contributed by atoms with Crippen molar-refractivity contribution in [2.45, 2.75) is 45.6 Å². The van der Waals surface area contributed by atoms with Gasteiger partial charge in [0.1, 0.15) is 16.5 Å². The molecule has 1 amide bonds. The lowest BCUT2D eigenvalue weighted by atomic mass is 10.1. The van der Waals surface area contributed by atoms with E-state index in [0.29, 0.717) is 17.2 Å². The molecule has 7 nitrogen and oxygen atoms in total. The summed E-state index contributed by atoms with van der Waals surface area (Å²) in [4.78, 5) is 24.0. The first kappa shape index (κ1) is 16.8. The second-order valence-electron chi connectivity index (χ2n) is 5.86.